The Morgan fingerprint density at radius 2 is 0.860 bits per heavy atom. The molecule has 50 heavy (non-hydrogen) atoms. The molecule has 10 aromatic rings. The van der Waals surface area contributed by atoms with Gasteiger partial charge in [-0.25, -0.2) is 4.98 Å². The lowest BCUT2D eigenvalue weighted by Crippen LogP contribution is -2.06. The van der Waals surface area contributed by atoms with Crippen LogP contribution in [0.5, 0.6) is 0 Å². The normalized spacial score (nSPS) is 11.6. The maximum atomic E-state index is 6.18. The number of para-hydroxylation sites is 3. The first kappa shape index (κ1) is 28.2. The SMILES string of the molecule is c1ccc(-c2ccc(-c3nc(-c4ccc(-c5cccc6oc7ccccc7c56)cc4)nc(-n4c5ccccc5c5ccccc54)n3)cc2)cc1. The first-order chi connectivity index (χ1) is 24.8. The van der Waals surface area contributed by atoms with Gasteiger partial charge in [-0.1, -0.05) is 146 Å². The van der Waals surface area contributed by atoms with Crippen LogP contribution in [-0.2, 0) is 0 Å². The molecule has 0 aliphatic heterocycles. The van der Waals surface area contributed by atoms with Crippen molar-refractivity contribution in [2.24, 2.45) is 0 Å². The standard InChI is InChI=1S/C45H28N4O/c1-2-11-29(12-3-1)30-21-25-32(26-22-30)43-46-44(48-45(47-43)49-38-17-7-4-13-35(38)36-14-5-8-18-39(36)49)33-27-23-31(24-28-33)34-16-10-20-41-42(34)37-15-6-9-19-40(37)50-41/h1-28H. The largest absolute Gasteiger partial charge is 0.456 e. The van der Waals surface area contributed by atoms with Crippen LogP contribution in [-0.4, -0.2) is 19.5 Å². The average Bonchev–Trinajstić information content (AvgIpc) is 3.74. The second-order valence-corrected chi connectivity index (χ2v) is 12.4. The predicted molar refractivity (Wildman–Crippen MR) is 203 cm³/mol. The van der Waals surface area contributed by atoms with E-state index in [0.29, 0.717) is 17.6 Å². The quantitative estimate of drug-likeness (QED) is 0.188. The number of hydrogen-bond acceptors (Lipinski definition) is 4. The Bertz CT molecular complexity index is 2800. The van der Waals surface area contributed by atoms with Crippen LogP contribution in [0.15, 0.2) is 174 Å². The molecule has 0 saturated heterocycles. The van der Waals surface area contributed by atoms with E-state index in [1.807, 2.05) is 30.3 Å². The van der Waals surface area contributed by atoms with Crippen LogP contribution in [0.3, 0.4) is 0 Å². The monoisotopic (exact) mass is 640 g/mol. The maximum Gasteiger partial charge on any atom is 0.238 e. The lowest BCUT2D eigenvalue weighted by molar-refractivity contribution is 0.669. The summed E-state index contributed by atoms with van der Waals surface area (Å²) in [5.41, 5.74) is 10.2. The molecule has 0 bridgehead atoms. The van der Waals surface area contributed by atoms with Gasteiger partial charge < -0.3 is 4.42 Å². The van der Waals surface area contributed by atoms with Crippen molar-refractivity contribution >= 4 is 43.7 Å². The molecule has 0 aliphatic rings. The molecular weight excluding hydrogens is 613 g/mol. The van der Waals surface area contributed by atoms with Gasteiger partial charge in [0.1, 0.15) is 11.2 Å². The molecule has 234 valence electrons. The van der Waals surface area contributed by atoms with Gasteiger partial charge in [0, 0.05) is 32.7 Å². The topological polar surface area (TPSA) is 56.7 Å². The first-order valence-electron chi connectivity index (χ1n) is 16.7. The lowest BCUT2D eigenvalue weighted by atomic mass is 9.98. The number of rotatable bonds is 5. The molecule has 3 aromatic heterocycles. The molecule has 0 saturated carbocycles. The van der Waals surface area contributed by atoms with E-state index < -0.39 is 0 Å². The minimum absolute atomic E-state index is 0.577. The van der Waals surface area contributed by atoms with Crippen LogP contribution in [0.1, 0.15) is 0 Å². The van der Waals surface area contributed by atoms with Crippen LogP contribution in [0.25, 0.3) is 94.7 Å². The Hall–Kier alpha value is -6.85. The molecule has 0 amide bonds. The number of hydrogen-bond donors (Lipinski definition) is 0. The number of furan rings is 1. The highest BCUT2D eigenvalue weighted by Gasteiger charge is 2.18. The van der Waals surface area contributed by atoms with Crippen LogP contribution in [0.4, 0.5) is 0 Å². The smallest absolute Gasteiger partial charge is 0.238 e. The third-order valence-corrected chi connectivity index (χ3v) is 9.51. The summed E-state index contributed by atoms with van der Waals surface area (Å²) >= 11 is 0. The zero-order valence-electron chi connectivity index (χ0n) is 26.9. The first-order valence-corrected chi connectivity index (χ1v) is 16.7. The van der Waals surface area contributed by atoms with E-state index >= 15 is 0 Å². The van der Waals surface area contributed by atoms with Crippen molar-refractivity contribution in [3.8, 4) is 51.0 Å². The molecule has 5 nitrogen and oxygen atoms in total. The van der Waals surface area contributed by atoms with Gasteiger partial charge in [-0.05, 0) is 46.5 Å². The second-order valence-electron chi connectivity index (χ2n) is 12.4. The van der Waals surface area contributed by atoms with E-state index in [1.165, 1.54) is 5.56 Å². The molecular formula is C45H28N4O. The van der Waals surface area contributed by atoms with E-state index in [1.54, 1.807) is 0 Å². The molecule has 7 aromatic carbocycles. The summed E-state index contributed by atoms with van der Waals surface area (Å²) in [5, 5.41) is 4.54. The van der Waals surface area contributed by atoms with Crippen molar-refractivity contribution in [3.05, 3.63) is 170 Å². The summed E-state index contributed by atoms with van der Waals surface area (Å²) in [6.07, 6.45) is 0. The summed E-state index contributed by atoms with van der Waals surface area (Å²) < 4.78 is 8.33. The van der Waals surface area contributed by atoms with Gasteiger partial charge in [0.05, 0.1) is 11.0 Å². The molecule has 0 fully saturated rings. The summed E-state index contributed by atoms with van der Waals surface area (Å²) in [5.74, 6) is 1.80. The minimum atomic E-state index is 0.577. The molecule has 0 atom stereocenters. The van der Waals surface area contributed by atoms with Crippen molar-refractivity contribution in [1.82, 2.24) is 19.5 Å². The van der Waals surface area contributed by atoms with E-state index in [0.717, 1.165) is 71.6 Å². The molecule has 10 rings (SSSR count). The van der Waals surface area contributed by atoms with E-state index in [9.17, 15) is 0 Å². The van der Waals surface area contributed by atoms with Crippen molar-refractivity contribution in [1.29, 1.82) is 0 Å². The summed E-state index contributed by atoms with van der Waals surface area (Å²) in [6.45, 7) is 0. The molecule has 3 heterocycles. The fourth-order valence-electron chi connectivity index (χ4n) is 7.12. The van der Waals surface area contributed by atoms with Gasteiger partial charge in [0.15, 0.2) is 11.6 Å². The van der Waals surface area contributed by atoms with Crippen LogP contribution < -0.4 is 0 Å². The molecule has 0 radical (unpaired) electrons. The van der Waals surface area contributed by atoms with Crippen LogP contribution >= 0.6 is 0 Å². The number of aromatic nitrogens is 4. The lowest BCUT2D eigenvalue weighted by Gasteiger charge is -2.12. The number of fused-ring (bicyclic) bond motifs is 6. The van der Waals surface area contributed by atoms with Gasteiger partial charge in [-0.2, -0.15) is 9.97 Å². The highest BCUT2D eigenvalue weighted by atomic mass is 16.3. The van der Waals surface area contributed by atoms with E-state index in [4.69, 9.17) is 19.4 Å². The van der Waals surface area contributed by atoms with Crippen molar-refractivity contribution in [2.75, 3.05) is 0 Å². The number of nitrogens with zero attached hydrogens (tertiary/aromatic N) is 4. The third kappa shape index (κ3) is 4.60. The average molecular weight is 641 g/mol. The minimum Gasteiger partial charge on any atom is -0.456 e. The van der Waals surface area contributed by atoms with Gasteiger partial charge in [-0.3, -0.25) is 4.57 Å². The summed E-state index contributed by atoms with van der Waals surface area (Å²) in [4.78, 5) is 15.4. The second kappa shape index (κ2) is 11.4. The highest BCUT2D eigenvalue weighted by Crippen LogP contribution is 2.37. The van der Waals surface area contributed by atoms with Crippen molar-refractivity contribution < 1.29 is 4.42 Å². The van der Waals surface area contributed by atoms with Crippen molar-refractivity contribution in [2.45, 2.75) is 0 Å². The van der Waals surface area contributed by atoms with Crippen molar-refractivity contribution in [3.63, 3.8) is 0 Å². The Morgan fingerprint density at radius 1 is 0.360 bits per heavy atom. The Kier molecular flexibility index (Phi) is 6.42. The maximum absolute atomic E-state index is 6.18. The molecule has 0 spiro atoms. The zero-order valence-corrected chi connectivity index (χ0v) is 26.9. The Labute approximate surface area is 287 Å². The molecule has 5 heteroatoms. The fraction of sp³-hybridized carbons (Fsp3) is 0. The summed E-state index contributed by atoms with van der Waals surface area (Å²) in [6, 6.07) is 58.6. The molecule has 0 unspecified atom stereocenters. The van der Waals surface area contributed by atoms with Gasteiger partial charge >= 0.3 is 0 Å². The van der Waals surface area contributed by atoms with Gasteiger partial charge in [-0.15, -0.1) is 0 Å². The van der Waals surface area contributed by atoms with Gasteiger partial charge in [0.2, 0.25) is 5.95 Å². The van der Waals surface area contributed by atoms with Gasteiger partial charge in [0.25, 0.3) is 0 Å². The van der Waals surface area contributed by atoms with Crippen LogP contribution in [0.2, 0.25) is 0 Å². The third-order valence-electron chi connectivity index (χ3n) is 9.51. The number of benzene rings is 7. The fourth-order valence-corrected chi connectivity index (χ4v) is 7.12. The zero-order chi connectivity index (χ0) is 33.0. The van der Waals surface area contributed by atoms with E-state index in [-0.39, 0.29) is 0 Å². The van der Waals surface area contributed by atoms with E-state index in [2.05, 4.69) is 144 Å². The molecule has 0 aliphatic carbocycles. The Morgan fingerprint density at radius 3 is 1.52 bits per heavy atom. The predicted octanol–water partition coefficient (Wildman–Crippen LogP) is 11.5. The van der Waals surface area contributed by atoms with Crippen LogP contribution in [0, 0.1) is 0 Å². The Balaban J connectivity index is 1.14. The highest BCUT2D eigenvalue weighted by molar-refractivity contribution is 6.12. The molecule has 0 N–H and O–H groups in total. The summed E-state index contributed by atoms with van der Waals surface area (Å²) in [7, 11) is 0.